The molecule has 9 heteroatoms. The van der Waals surface area contributed by atoms with Crippen molar-refractivity contribution in [2.24, 2.45) is 0 Å². The minimum Gasteiger partial charge on any atom is -0.478 e. The third-order valence-electron chi connectivity index (χ3n) is 4.25. The number of carbonyl (C=O) groups excluding carboxylic acids is 1. The molecule has 3 rings (SSSR count). The Bertz CT molecular complexity index is 858. The van der Waals surface area contributed by atoms with E-state index in [0.29, 0.717) is 34.2 Å². The van der Waals surface area contributed by atoms with E-state index < -0.39 is 12.8 Å². The minimum atomic E-state index is -4.40. The molecule has 0 aliphatic carbocycles. The van der Waals surface area contributed by atoms with Crippen molar-refractivity contribution in [1.82, 2.24) is 9.88 Å². The molecule has 0 aromatic carbocycles. The van der Waals surface area contributed by atoms with Gasteiger partial charge < -0.3 is 9.64 Å². The van der Waals surface area contributed by atoms with Crippen molar-refractivity contribution in [3.05, 3.63) is 52.1 Å². The Balaban J connectivity index is 1.79. The summed E-state index contributed by atoms with van der Waals surface area (Å²) in [6, 6.07) is 4.37. The molecule has 5 nitrogen and oxygen atoms in total. The van der Waals surface area contributed by atoms with E-state index in [1.165, 1.54) is 12.3 Å². The number of alkyl halides is 3. The zero-order chi connectivity index (χ0) is 19.1. The summed E-state index contributed by atoms with van der Waals surface area (Å²) < 4.78 is 41.7. The Morgan fingerprint density at radius 1 is 1.38 bits per heavy atom. The standard InChI is InChI=1S/C17H15ClF3N3O2/c1-9-14(26-8-17(19,20)21)4-3-13(23-9)10(2)24-7-12-11(16(24)25)5-6-22-15(12)18/h3-6,10H,7-8H2,1-2H3/p+1. The van der Waals surface area contributed by atoms with Gasteiger partial charge in [0.1, 0.15) is 11.2 Å². The number of fused-ring (bicyclic) bond motifs is 1. The predicted molar refractivity (Wildman–Crippen MR) is 86.8 cm³/mol. The van der Waals surface area contributed by atoms with Crippen LogP contribution in [0.3, 0.4) is 0 Å². The second-order valence-electron chi connectivity index (χ2n) is 6.04. The first-order valence-corrected chi connectivity index (χ1v) is 8.22. The quantitative estimate of drug-likeness (QED) is 0.755. The summed E-state index contributed by atoms with van der Waals surface area (Å²) in [6.45, 7) is 2.40. The van der Waals surface area contributed by atoms with Crippen LogP contribution in [0.25, 0.3) is 0 Å². The van der Waals surface area contributed by atoms with Crippen molar-refractivity contribution in [3.63, 3.8) is 0 Å². The summed E-state index contributed by atoms with van der Waals surface area (Å²) in [4.78, 5) is 21.2. The Morgan fingerprint density at radius 3 is 2.73 bits per heavy atom. The van der Waals surface area contributed by atoms with Crippen molar-refractivity contribution >= 4 is 17.5 Å². The third-order valence-corrected chi connectivity index (χ3v) is 4.57. The number of carbonyl (C=O) groups is 1. The predicted octanol–water partition coefficient (Wildman–Crippen LogP) is 3.52. The molecule has 3 heterocycles. The number of ether oxygens (including phenoxy) is 1. The fraction of sp³-hybridized carbons (Fsp3) is 0.353. The first kappa shape index (κ1) is 18.4. The van der Waals surface area contributed by atoms with Gasteiger partial charge in [0.15, 0.2) is 12.4 Å². The number of aryl methyl sites for hydroxylation is 1. The second kappa shape index (κ2) is 6.75. The zero-order valence-corrected chi connectivity index (χ0v) is 14.8. The summed E-state index contributed by atoms with van der Waals surface area (Å²) in [5.41, 5.74) is 2.31. The molecule has 0 fully saturated rings. The largest absolute Gasteiger partial charge is 0.478 e. The van der Waals surface area contributed by atoms with Crippen LogP contribution in [0.2, 0.25) is 5.15 Å². The number of nitrogens with zero attached hydrogens (tertiary/aromatic N) is 2. The van der Waals surface area contributed by atoms with Gasteiger partial charge in [0.2, 0.25) is 11.4 Å². The van der Waals surface area contributed by atoms with E-state index in [0.717, 1.165) is 0 Å². The van der Waals surface area contributed by atoms with Crippen molar-refractivity contribution in [3.8, 4) is 5.75 Å². The van der Waals surface area contributed by atoms with Gasteiger partial charge in [-0.2, -0.15) is 13.2 Å². The smallest absolute Gasteiger partial charge is 0.422 e. The molecule has 1 atom stereocenters. The molecule has 138 valence electrons. The van der Waals surface area contributed by atoms with E-state index in [9.17, 15) is 18.0 Å². The number of nitrogens with one attached hydrogen (secondary N) is 1. The van der Waals surface area contributed by atoms with E-state index in [-0.39, 0.29) is 17.7 Å². The van der Waals surface area contributed by atoms with Crippen molar-refractivity contribution < 1.29 is 27.7 Å². The molecule has 2 aromatic rings. The van der Waals surface area contributed by atoms with Crippen LogP contribution in [0.4, 0.5) is 13.2 Å². The van der Waals surface area contributed by atoms with Crippen LogP contribution in [0, 0.1) is 6.92 Å². The van der Waals surface area contributed by atoms with Gasteiger partial charge in [-0.3, -0.25) is 4.79 Å². The summed E-state index contributed by atoms with van der Waals surface area (Å²) >= 11 is 6.06. The van der Waals surface area contributed by atoms with E-state index >= 15 is 0 Å². The molecule has 1 unspecified atom stereocenters. The monoisotopic (exact) mass is 386 g/mol. The molecular weight excluding hydrogens is 371 g/mol. The van der Waals surface area contributed by atoms with Crippen LogP contribution in [0.1, 0.15) is 40.3 Å². The zero-order valence-electron chi connectivity index (χ0n) is 14.0. The molecule has 1 amide bonds. The lowest BCUT2D eigenvalue weighted by Gasteiger charge is -2.21. The summed E-state index contributed by atoms with van der Waals surface area (Å²) in [5.74, 6) is -0.0539. The lowest BCUT2D eigenvalue weighted by atomic mass is 10.1. The molecule has 0 saturated carbocycles. The Kier molecular flexibility index (Phi) is 4.79. The highest BCUT2D eigenvalue weighted by molar-refractivity contribution is 6.30. The van der Waals surface area contributed by atoms with Gasteiger partial charge in [-0.05, 0) is 19.1 Å². The van der Waals surface area contributed by atoms with E-state index in [2.05, 4.69) is 9.97 Å². The van der Waals surface area contributed by atoms with Gasteiger partial charge in [-0.25, -0.2) is 9.97 Å². The van der Waals surface area contributed by atoms with Crippen LogP contribution < -0.4 is 9.72 Å². The average molecular weight is 387 g/mol. The molecule has 2 aromatic heterocycles. The van der Waals surface area contributed by atoms with E-state index in [1.54, 1.807) is 24.0 Å². The maximum absolute atomic E-state index is 12.6. The maximum Gasteiger partial charge on any atom is 0.422 e. The van der Waals surface area contributed by atoms with Crippen LogP contribution in [-0.4, -0.2) is 28.6 Å². The Hall–Kier alpha value is -2.35. The van der Waals surface area contributed by atoms with Gasteiger partial charge in [0.05, 0.1) is 6.54 Å². The Labute approximate surface area is 152 Å². The highest BCUT2D eigenvalue weighted by Gasteiger charge is 2.35. The summed E-state index contributed by atoms with van der Waals surface area (Å²) in [5, 5.41) is 0.293. The number of amides is 1. The third kappa shape index (κ3) is 3.60. The first-order valence-electron chi connectivity index (χ1n) is 7.84. The minimum absolute atomic E-state index is 0.113. The number of H-pyrrole nitrogens is 1. The topological polar surface area (TPSA) is 56.6 Å². The average Bonchev–Trinajstić information content (AvgIpc) is 2.91. The fourth-order valence-corrected chi connectivity index (χ4v) is 3.08. The van der Waals surface area contributed by atoms with Crippen LogP contribution in [0.15, 0.2) is 24.4 Å². The molecular formula is C17H16ClF3N3O2+. The molecule has 1 aliphatic rings. The molecule has 0 bridgehead atoms. The number of hydrogen-bond acceptors (Lipinski definition) is 3. The van der Waals surface area contributed by atoms with Crippen molar-refractivity contribution in [2.45, 2.75) is 32.6 Å². The lowest BCUT2D eigenvalue weighted by molar-refractivity contribution is -0.405. The highest BCUT2D eigenvalue weighted by Crippen LogP contribution is 2.33. The highest BCUT2D eigenvalue weighted by atomic mass is 35.5. The van der Waals surface area contributed by atoms with E-state index in [1.807, 2.05) is 6.92 Å². The van der Waals surface area contributed by atoms with E-state index in [4.69, 9.17) is 16.3 Å². The first-order chi connectivity index (χ1) is 12.2. The number of hydrogen-bond donors (Lipinski definition) is 0. The number of aromatic amines is 1. The fourth-order valence-electron chi connectivity index (χ4n) is 2.87. The second-order valence-corrected chi connectivity index (χ2v) is 6.40. The molecule has 26 heavy (non-hydrogen) atoms. The van der Waals surface area contributed by atoms with Crippen LogP contribution >= 0.6 is 11.6 Å². The number of aromatic nitrogens is 2. The SMILES string of the molecule is Cc1[nH+]c(C(C)N2Cc3c(ccnc3Cl)C2=O)ccc1OCC(F)(F)F. The van der Waals surface area contributed by atoms with Gasteiger partial charge in [-0.1, -0.05) is 11.6 Å². The lowest BCUT2D eigenvalue weighted by Crippen LogP contribution is -2.32. The van der Waals surface area contributed by atoms with Gasteiger partial charge >= 0.3 is 6.18 Å². The number of pyridine rings is 2. The molecule has 1 N–H and O–H groups in total. The summed E-state index contributed by atoms with van der Waals surface area (Å²) in [7, 11) is 0. The van der Waals surface area contributed by atoms with Crippen molar-refractivity contribution in [1.29, 1.82) is 0 Å². The number of rotatable bonds is 4. The van der Waals surface area contributed by atoms with Gasteiger partial charge in [0, 0.05) is 30.3 Å². The molecule has 0 saturated heterocycles. The molecule has 0 radical (unpaired) electrons. The van der Waals surface area contributed by atoms with Crippen LogP contribution in [0.5, 0.6) is 5.75 Å². The molecule has 0 spiro atoms. The maximum atomic E-state index is 12.6. The summed E-state index contributed by atoms with van der Waals surface area (Å²) in [6.07, 6.45) is -2.92. The van der Waals surface area contributed by atoms with Gasteiger partial charge in [-0.15, -0.1) is 0 Å². The van der Waals surface area contributed by atoms with Crippen molar-refractivity contribution in [2.75, 3.05) is 6.61 Å². The normalized spacial score (nSPS) is 15.2. The number of halogens is 4. The molecule has 1 aliphatic heterocycles. The van der Waals surface area contributed by atoms with Gasteiger partial charge in [0.25, 0.3) is 5.91 Å². The Morgan fingerprint density at radius 2 is 2.12 bits per heavy atom. The van der Waals surface area contributed by atoms with Crippen LogP contribution in [-0.2, 0) is 6.54 Å².